The number of rotatable bonds is 6. The van der Waals surface area contributed by atoms with Crippen LogP contribution in [0.25, 0.3) is 0 Å². The molecule has 1 heterocycles. The van der Waals surface area contributed by atoms with Crippen LogP contribution in [-0.4, -0.2) is 35.8 Å². The summed E-state index contributed by atoms with van der Waals surface area (Å²) in [7, 11) is 1.78. The van der Waals surface area contributed by atoms with Gasteiger partial charge in [-0.1, -0.05) is 6.92 Å². The van der Waals surface area contributed by atoms with Gasteiger partial charge in [-0.3, -0.25) is 0 Å². The van der Waals surface area contributed by atoms with Gasteiger partial charge in [0.05, 0.1) is 11.7 Å². The quantitative estimate of drug-likeness (QED) is 0.872. The van der Waals surface area contributed by atoms with Crippen LogP contribution in [0, 0.1) is 13.8 Å². The number of aryl methyl sites for hydroxylation is 1. The van der Waals surface area contributed by atoms with Crippen molar-refractivity contribution in [2.45, 2.75) is 65.1 Å². The van der Waals surface area contributed by atoms with Crippen molar-refractivity contribution in [3.8, 4) is 5.88 Å². The van der Waals surface area contributed by atoms with Crippen molar-refractivity contribution < 1.29 is 9.47 Å². The lowest BCUT2D eigenvalue weighted by Gasteiger charge is -2.29. The van der Waals surface area contributed by atoms with Crippen LogP contribution in [0.5, 0.6) is 5.88 Å². The molecule has 118 valence electrons. The van der Waals surface area contributed by atoms with Gasteiger partial charge in [0.25, 0.3) is 0 Å². The third-order valence-electron chi connectivity index (χ3n) is 3.95. The molecule has 0 spiro atoms. The van der Waals surface area contributed by atoms with E-state index in [0.717, 1.165) is 55.9 Å². The minimum atomic E-state index is 0.190. The van der Waals surface area contributed by atoms with Gasteiger partial charge in [-0.25, -0.2) is 4.98 Å². The van der Waals surface area contributed by atoms with E-state index in [1.807, 2.05) is 13.8 Å². The highest BCUT2D eigenvalue weighted by Gasteiger charge is 2.24. The molecule has 1 fully saturated rings. The molecule has 0 bridgehead atoms. The molecule has 1 aromatic heterocycles. The first-order chi connectivity index (χ1) is 10.1. The number of aromatic nitrogens is 2. The first-order valence-corrected chi connectivity index (χ1v) is 7.92. The highest BCUT2D eigenvalue weighted by atomic mass is 16.5. The molecule has 0 aromatic carbocycles. The summed E-state index contributed by atoms with van der Waals surface area (Å²) in [6, 6.07) is 0. The van der Waals surface area contributed by atoms with E-state index in [-0.39, 0.29) is 6.10 Å². The number of nitrogens with zero attached hydrogens (tertiary/aromatic N) is 2. The van der Waals surface area contributed by atoms with Gasteiger partial charge < -0.3 is 14.8 Å². The SMILES string of the molecule is CCCNc1nc(C)nc(OC2CCCC(OC)C2)c1C. The molecule has 5 nitrogen and oxygen atoms in total. The molecule has 21 heavy (non-hydrogen) atoms. The Labute approximate surface area is 127 Å². The van der Waals surface area contributed by atoms with Crippen molar-refractivity contribution in [3.05, 3.63) is 11.4 Å². The molecule has 0 saturated heterocycles. The van der Waals surface area contributed by atoms with Gasteiger partial charge in [0.15, 0.2) is 0 Å². The fourth-order valence-electron chi connectivity index (χ4n) is 2.71. The van der Waals surface area contributed by atoms with Crippen molar-refractivity contribution in [1.29, 1.82) is 0 Å². The molecule has 5 heteroatoms. The lowest BCUT2D eigenvalue weighted by Crippen LogP contribution is -2.30. The van der Waals surface area contributed by atoms with E-state index in [0.29, 0.717) is 12.0 Å². The van der Waals surface area contributed by atoms with Gasteiger partial charge in [-0.05, 0) is 39.5 Å². The van der Waals surface area contributed by atoms with Gasteiger partial charge in [-0.2, -0.15) is 4.98 Å². The van der Waals surface area contributed by atoms with Gasteiger partial charge in [0.2, 0.25) is 5.88 Å². The molecule has 2 atom stereocenters. The summed E-state index contributed by atoms with van der Waals surface area (Å²) in [5.41, 5.74) is 0.994. The third-order valence-corrected chi connectivity index (χ3v) is 3.95. The van der Waals surface area contributed by atoms with Gasteiger partial charge in [-0.15, -0.1) is 0 Å². The Morgan fingerprint density at radius 2 is 1.95 bits per heavy atom. The van der Waals surface area contributed by atoms with E-state index in [4.69, 9.17) is 9.47 Å². The number of nitrogens with one attached hydrogen (secondary N) is 1. The molecule has 2 unspecified atom stereocenters. The fourth-order valence-corrected chi connectivity index (χ4v) is 2.71. The van der Waals surface area contributed by atoms with Crippen molar-refractivity contribution in [3.63, 3.8) is 0 Å². The topological polar surface area (TPSA) is 56.3 Å². The summed E-state index contributed by atoms with van der Waals surface area (Å²) < 4.78 is 11.6. The van der Waals surface area contributed by atoms with Gasteiger partial charge >= 0.3 is 0 Å². The second-order valence-corrected chi connectivity index (χ2v) is 5.74. The zero-order valence-corrected chi connectivity index (χ0v) is 13.6. The smallest absolute Gasteiger partial charge is 0.222 e. The molecule has 1 aliphatic rings. The highest BCUT2D eigenvalue weighted by Crippen LogP contribution is 2.28. The van der Waals surface area contributed by atoms with Crippen molar-refractivity contribution in [1.82, 2.24) is 9.97 Å². The highest BCUT2D eigenvalue weighted by molar-refractivity contribution is 5.48. The van der Waals surface area contributed by atoms with Crippen LogP contribution in [0.2, 0.25) is 0 Å². The Morgan fingerprint density at radius 3 is 2.67 bits per heavy atom. The molecule has 2 rings (SSSR count). The Hall–Kier alpha value is -1.36. The molecule has 1 N–H and O–H groups in total. The molecular formula is C16H27N3O2. The Bertz CT molecular complexity index is 465. The number of anilines is 1. The van der Waals surface area contributed by atoms with Crippen molar-refractivity contribution in [2.24, 2.45) is 0 Å². The molecule has 0 radical (unpaired) electrons. The molecule has 1 aromatic rings. The number of hydrogen-bond acceptors (Lipinski definition) is 5. The number of ether oxygens (including phenoxy) is 2. The predicted molar refractivity (Wildman–Crippen MR) is 84.0 cm³/mol. The summed E-state index contributed by atoms with van der Waals surface area (Å²) in [5, 5.41) is 3.35. The lowest BCUT2D eigenvalue weighted by atomic mass is 9.95. The second-order valence-electron chi connectivity index (χ2n) is 5.74. The maximum atomic E-state index is 6.15. The summed E-state index contributed by atoms with van der Waals surface area (Å²) in [6.07, 6.45) is 5.85. The maximum absolute atomic E-state index is 6.15. The number of methoxy groups -OCH3 is 1. The van der Waals surface area contributed by atoms with Crippen LogP contribution < -0.4 is 10.1 Å². The van der Waals surface area contributed by atoms with E-state index in [1.165, 1.54) is 0 Å². The zero-order valence-electron chi connectivity index (χ0n) is 13.6. The standard InChI is InChI=1S/C16H27N3O2/c1-5-9-17-15-11(2)16(19-12(3)18-15)21-14-8-6-7-13(10-14)20-4/h13-14H,5-10H2,1-4H3,(H,17,18,19). The molecule has 0 aliphatic heterocycles. The van der Waals surface area contributed by atoms with E-state index >= 15 is 0 Å². The van der Waals surface area contributed by atoms with E-state index in [1.54, 1.807) is 7.11 Å². The fraction of sp³-hybridized carbons (Fsp3) is 0.750. The van der Waals surface area contributed by atoms with Crippen LogP contribution in [0.15, 0.2) is 0 Å². The van der Waals surface area contributed by atoms with Crippen LogP contribution >= 0.6 is 0 Å². The first-order valence-electron chi connectivity index (χ1n) is 7.92. The second kappa shape index (κ2) is 7.59. The van der Waals surface area contributed by atoms with Crippen LogP contribution in [0.1, 0.15) is 50.4 Å². The Balaban J connectivity index is 2.09. The molecular weight excluding hydrogens is 266 g/mol. The predicted octanol–water partition coefficient (Wildman–Crippen LogP) is 3.25. The van der Waals surface area contributed by atoms with Gasteiger partial charge in [0, 0.05) is 20.1 Å². The summed E-state index contributed by atoms with van der Waals surface area (Å²) in [6.45, 7) is 6.97. The Kier molecular flexibility index (Phi) is 5.79. The maximum Gasteiger partial charge on any atom is 0.222 e. The molecule has 0 amide bonds. The van der Waals surface area contributed by atoms with Gasteiger partial charge in [0.1, 0.15) is 17.7 Å². The van der Waals surface area contributed by atoms with Crippen LogP contribution in [-0.2, 0) is 4.74 Å². The number of hydrogen-bond donors (Lipinski definition) is 1. The normalized spacial score (nSPS) is 22.1. The molecule has 1 saturated carbocycles. The summed E-state index contributed by atoms with van der Waals surface area (Å²) in [4.78, 5) is 8.94. The van der Waals surface area contributed by atoms with E-state index in [9.17, 15) is 0 Å². The average Bonchev–Trinajstić information content (AvgIpc) is 2.49. The zero-order chi connectivity index (χ0) is 15.2. The largest absolute Gasteiger partial charge is 0.474 e. The van der Waals surface area contributed by atoms with Crippen LogP contribution in [0.3, 0.4) is 0 Å². The van der Waals surface area contributed by atoms with E-state index in [2.05, 4.69) is 22.2 Å². The minimum Gasteiger partial charge on any atom is -0.474 e. The van der Waals surface area contributed by atoms with Crippen molar-refractivity contribution >= 4 is 5.82 Å². The minimum absolute atomic E-state index is 0.190. The summed E-state index contributed by atoms with van der Waals surface area (Å²) in [5.74, 6) is 2.34. The average molecular weight is 293 g/mol. The lowest BCUT2D eigenvalue weighted by molar-refractivity contribution is 0.0192. The van der Waals surface area contributed by atoms with Crippen LogP contribution in [0.4, 0.5) is 5.82 Å². The Morgan fingerprint density at radius 1 is 1.19 bits per heavy atom. The van der Waals surface area contributed by atoms with E-state index < -0.39 is 0 Å². The third kappa shape index (κ3) is 4.30. The monoisotopic (exact) mass is 293 g/mol. The molecule has 1 aliphatic carbocycles. The summed E-state index contributed by atoms with van der Waals surface area (Å²) >= 11 is 0. The first kappa shape index (κ1) is 16.0. The van der Waals surface area contributed by atoms with Crippen molar-refractivity contribution in [2.75, 3.05) is 19.0 Å².